The number of nitrogens with one attached hydrogen (secondary N) is 1. The maximum absolute atomic E-state index is 13.8. The van der Waals surface area contributed by atoms with Gasteiger partial charge in [-0.3, -0.25) is 9.59 Å². The van der Waals surface area contributed by atoms with Crippen molar-refractivity contribution in [2.24, 2.45) is 5.41 Å². The van der Waals surface area contributed by atoms with Crippen LogP contribution in [0.3, 0.4) is 0 Å². The normalized spacial score (nSPS) is 25.3. The number of rotatable bonds is 3. The molecule has 8 heteroatoms. The quantitative estimate of drug-likeness (QED) is 0.649. The number of amides is 2. The third kappa shape index (κ3) is 4.43. The van der Waals surface area contributed by atoms with Crippen LogP contribution in [0.1, 0.15) is 94.5 Å². The average molecular weight is 523 g/mol. The Bertz CT molecular complexity index is 1240. The van der Waals surface area contributed by atoms with Gasteiger partial charge in [0.05, 0.1) is 18.8 Å². The monoisotopic (exact) mass is 522 g/mol. The number of morpholine rings is 1. The van der Waals surface area contributed by atoms with Crippen molar-refractivity contribution in [3.8, 4) is 0 Å². The highest BCUT2D eigenvalue weighted by Gasteiger charge is 2.49. The minimum absolute atomic E-state index is 0.0415. The number of nitrogens with zero attached hydrogens (tertiary/aromatic N) is 3. The predicted octanol–water partition coefficient (Wildman–Crippen LogP) is 4.22. The first-order valence-corrected chi connectivity index (χ1v) is 14.3. The lowest BCUT2D eigenvalue weighted by molar-refractivity contribution is -0.140. The molecule has 8 nitrogen and oxygen atoms in total. The molecule has 2 saturated carbocycles. The minimum Gasteiger partial charge on any atom is -0.449 e. The fraction of sp³-hybridized carbons (Fsp3) is 0.700. The Morgan fingerprint density at radius 2 is 1.89 bits per heavy atom. The van der Waals surface area contributed by atoms with E-state index >= 15 is 0 Å². The van der Waals surface area contributed by atoms with Crippen molar-refractivity contribution in [2.75, 3.05) is 39.4 Å². The van der Waals surface area contributed by atoms with Crippen molar-refractivity contribution in [2.45, 2.75) is 89.6 Å². The van der Waals surface area contributed by atoms with Crippen molar-refractivity contribution < 1.29 is 18.7 Å². The average Bonchev–Trinajstić information content (AvgIpc) is 3.24. The van der Waals surface area contributed by atoms with E-state index in [2.05, 4.69) is 32.2 Å². The molecular formula is C30H42N4O4. The second-order valence-electron chi connectivity index (χ2n) is 13.7. The summed E-state index contributed by atoms with van der Waals surface area (Å²) in [6, 6.07) is 3.75. The molecule has 4 aliphatic rings. The molecule has 0 bridgehead atoms. The number of carbonyl (C=O) groups is 2. The van der Waals surface area contributed by atoms with Gasteiger partial charge in [-0.25, -0.2) is 4.98 Å². The van der Waals surface area contributed by atoms with Crippen LogP contribution in [0.4, 0.5) is 0 Å². The van der Waals surface area contributed by atoms with Crippen molar-refractivity contribution in [1.82, 2.24) is 20.1 Å². The van der Waals surface area contributed by atoms with Gasteiger partial charge in [0.2, 0.25) is 5.91 Å². The summed E-state index contributed by atoms with van der Waals surface area (Å²) in [5.74, 6) is 0.732. The minimum atomic E-state index is -0.534. The fourth-order valence-electron chi connectivity index (χ4n) is 6.99. The highest BCUT2D eigenvalue weighted by Crippen LogP contribution is 2.61. The molecule has 2 amide bonds. The number of furan rings is 1. The molecule has 0 radical (unpaired) electrons. The highest BCUT2D eigenvalue weighted by atomic mass is 16.5. The summed E-state index contributed by atoms with van der Waals surface area (Å²) < 4.78 is 11.8. The van der Waals surface area contributed by atoms with Gasteiger partial charge in [-0.2, -0.15) is 0 Å². The second kappa shape index (κ2) is 9.05. The maximum Gasteiger partial charge on any atom is 0.290 e. The summed E-state index contributed by atoms with van der Waals surface area (Å²) >= 11 is 0. The molecule has 0 aromatic carbocycles. The van der Waals surface area contributed by atoms with E-state index in [1.807, 2.05) is 29.7 Å². The molecular weight excluding hydrogens is 480 g/mol. The van der Waals surface area contributed by atoms with Gasteiger partial charge < -0.3 is 24.3 Å². The molecule has 38 heavy (non-hydrogen) atoms. The first-order valence-electron chi connectivity index (χ1n) is 14.3. The summed E-state index contributed by atoms with van der Waals surface area (Å²) in [6.45, 7) is 13.7. The Morgan fingerprint density at radius 3 is 2.50 bits per heavy atom. The molecule has 2 aliphatic heterocycles. The highest BCUT2D eigenvalue weighted by molar-refractivity contribution is 5.96. The Morgan fingerprint density at radius 1 is 1.13 bits per heavy atom. The Balaban J connectivity index is 1.24. The topological polar surface area (TPSA) is 87.9 Å². The molecule has 0 unspecified atom stereocenters. The van der Waals surface area contributed by atoms with Crippen LogP contribution in [-0.2, 0) is 14.9 Å². The molecule has 1 atom stereocenters. The van der Waals surface area contributed by atoms with Gasteiger partial charge in [0.15, 0.2) is 11.3 Å². The van der Waals surface area contributed by atoms with E-state index in [-0.39, 0.29) is 23.3 Å². The van der Waals surface area contributed by atoms with E-state index in [1.165, 1.54) is 32.1 Å². The third-order valence-corrected chi connectivity index (χ3v) is 9.39. The van der Waals surface area contributed by atoms with E-state index in [9.17, 15) is 9.59 Å². The number of ether oxygens (including phenoxy) is 1. The van der Waals surface area contributed by atoms with Crippen molar-refractivity contribution in [1.29, 1.82) is 0 Å². The molecule has 206 valence electrons. The number of hydrogen-bond acceptors (Lipinski definition) is 6. The van der Waals surface area contributed by atoms with Crippen molar-refractivity contribution in [3.05, 3.63) is 29.2 Å². The van der Waals surface area contributed by atoms with Crippen molar-refractivity contribution in [3.63, 3.8) is 0 Å². The van der Waals surface area contributed by atoms with Crippen LogP contribution in [0.2, 0.25) is 0 Å². The van der Waals surface area contributed by atoms with Crippen LogP contribution in [0.25, 0.3) is 11.1 Å². The SMILES string of the molecule is CC(C)(C)c1cc(C2CC3(CCC3)C2)nc2cc(C(=O)N3CCN(C(=O)[C@H]4COCCN4)CC3(C)C)oc12. The predicted molar refractivity (Wildman–Crippen MR) is 145 cm³/mol. The van der Waals surface area contributed by atoms with Crippen LogP contribution in [0.5, 0.6) is 0 Å². The van der Waals surface area contributed by atoms with Crippen LogP contribution in [0, 0.1) is 5.41 Å². The number of hydrogen-bond donors (Lipinski definition) is 1. The Labute approximate surface area is 225 Å². The zero-order valence-electron chi connectivity index (χ0n) is 23.6. The second-order valence-corrected chi connectivity index (χ2v) is 13.7. The van der Waals surface area contributed by atoms with Gasteiger partial charge in [-0.1, -0.05) is 27.2 Å². The summed E-state index contributed by atoms with van der Waals surface area (Å²) in [4.78, 5) is 35.6. The molecule has 2 aromatic heterocycles. The van der Waals surface area contributed by atoms with Crippen LogP contribution in [-0.4, -0.2) is 77.6 Å². The van der Waals surface area contributed by atoms with Crippen LogP contribution < -0.4 is 5.32 Å². The van der Waals surface area contributed by atoms with Crippen molar-refractivity contribution >= 4 is 22.9 Å². The molecule has 2 aromatic rings. The Kier molecular flexibility index (Phi) is 6.15. The van der Waals surface area contributed by atoms with E-state index in [0.717, 1.165) is 22.4 Å². The molecule has 2 aliphatic carbocycles. The number of aromatic nitrogens is 1. The van der Waals surface area contributed by atoms with Gasteiger partial charge in [-0.15, -0.1) is 0 Å². The molecule has 1 N–H and O–H groups in total. The molecule has 2 saturated heterocycles. The van der Waals surface area contributed by atoms with E-state index in [0.29, 0.717) is 56.5 Å². The summed E-state index contributed by atoms with van der Waals surface area (Å²) in [7, 11) is 0. The third-order valence-electron chi connectivity index (χ3n) is 9.39. The maximum atomic E-state index is 13.8. The van der Waals surface area contributed by atoms with E-state index < -0.39 is 5.54 Å². The fourth-order valence-corrected chi connectivity index (χ4v) is 6.99. The Hall–Kier alpha value is -2.45. The lowest BCUT2D eigenvalue weighted by Gasteiger charge is -2.54. The first-order chi connectivity index (χ1) is 18.0. The zero-order valence-corrected chi connectivity index (χ0v) is 23.6. The van der Waals surface area contributed by atoms with Crippen LogP contribution in [0.15, 0.2) is 16.5 Å². The van der Waals surface area contributed by atoms with Gasteiger partial charge in [0.25, 0.3) is 5.91 Å². The van der Waals surface area contributed by atoms with E-state index in [1.54, 1.807) is 0 Å². The number of pyridine rings is 1. The van der Waals surface area contributed by atoms with Gasteiger partial charge in [0.1, 0.15) is 11.6 Å². The lowest BCUT2D eigenvalue weighted by atomic mass is 9.51. The van der Waals surface area contributed by atoms with Crippen LogP contribution >= 0.6 is 0 Å². The molecule has 6 rings (SSSR count). The molecule has 4 fully saturated rings. The summed E-state index contributed by atoms with van der Waals surface area (Å²) in [6.07, 6.45) is 6.56. The van der Waals surface area contributed by atoms with E-state index in [4.69, 9.17) is 14.1 Å². The van der Waals surface area contributed by atoms with Gasteiger partial charge >= 0.3 is 0 Å². The summed E-state index contributed by atoms with van der Waals surface area (Å²) in [5, 5.41) is 3.25. The largest absolute Gasteiger partial charge is 0.449 e. The first kappa shape index (κ1) is 25.8. The molecule has 1 spiro atoms. The number of piperazine rings is 1. The number of fused-ring (bicyclic) bond motifs is 1. The molecule has 4 heterocycles. The van der Waals surface area contributed by atoms with Gasteiger partial charge in [0, 0.05) is 49.4 Å². The smallest absolute Gasteiger partial charge is 0.290 e. The zero-order chi connectivity index (χ0) is 26.9. The summed E-state index contributed by atoms with van der Waals surface area (Å²) in [5.41, 5.74) is 3.67. The van der Waals surface area contributed by atoms with Gasteiger partial charge in [-0.05, 0) is 56.4 Å². The standard InChI is InChI=1S/C30H42N4O4/c1-28(2,3)20-13-21(19-15-30(16-19)7-6-8-30)32-22-14-24(38-25(20)22)27(36)34-11-10-33(18-29(34,4)5)26(35)23-17-37-12-9-31-23/h13-14,19,23,31H,6-12,15-18H2,1-5H3/t23-/m1/s1. The number of carbonyl (C=O) groups excluding carboxylic acids is 2. The lowest BCUT2D eigenvalue weighted by Crippen LogP contribution is -2.64.